The van der Waals surface area contributed by atoms with Gasteiger partial charge in [0, 0.05) is 35.6 Å². The first-order valence-corrected chi connectivity index (χ1v) is 5.88. The van der Waals surface area contributed by atoms with Crippen LogP contribution in [0, 0.1) is 11.8 Å². The highest BCUT2D eigenvalue weighted by Gasteiger charge is 2.24. The second kappa shape index (κ2) is 6.23. The Morgan fingerprint density at radius 2 is 1.80 bits per heavy atom. The molecule has 20 heavy (non-hydrogen) atoms. The SMILES string of the molecule is [N-]=[N+]=NCCC#Cc1ccc(N2C(=O)C=CC2=O)cc1. The van der Waals surface area contributed by atoms with Crippen molar-refractivity contribution in [3.8, 4) is 11.8 Å². The number of carbonyl (C=O) groups excluding carboxylic acids is 2. The van der Waals surface area contributed by atoms with E-state index >= 15 is 0 Å². The van der Waals surface area contributed by atoms with Crippen molar-refractivity contribution in [2.45, 2.75) is 6.42 Å². The number of hydrogen-bond donors (Lipinski definition) is 0. The molecule has 2 amide bonds. The van der Waals surface area contributed by atoms with Gasteiger partial charge < -0.3 is 0 Å². The molecule has 6 nitrogen and oxygen atoms in total. The zero-order valence-corrected chi connectivity index (χ0v) is 10.5. The molecule has 1 aromatic rings. The molecule has 0 saturated carbocycles. The molecule has 0 unspecified atom stereocenters. The maximum absolute atomic E-state index is 11.5. The topological polar surface area (TPSA) is 86.1 Å². The Labute approximate surface area is 115 Å². The summed E-state index contributed by atoms with van der Waals surface area (Å²) in [6.45, 7) is 0.337. The molecule has 1 heterocycles. The van der Waals surface area contributed by atoms with Gasteiger partial charge in [-0.3, -0.25) is 9.59 Å². The first-order chi connectivity index (χ1) is 9.72. The summed E-state index contributed by atoms with van der Waals surface area (Å²) in [6.07, 6.45) is 2.97. The molecule has 0 fully saturated rings. The van der Waals surface area contributed by atoms with E-state index in [0.717, 1.165) is 10.5 Å². The maximum atomic E-state index is 11.5. The number of azide groups is 1. The molecule has 2 rings (SSSR count). The molecular formula is C14H10N4O2. The smallest absolute Gasteiger partial charge is 0.258 e. The molecule has 0 radical (unpaired) electrons. The van der Waals surface area contributed by atoms with Crippen LogP contribution in [0.3, 0.4) is 0 Å². The van der Waals surface area contributed by atoms with E-state index in [4.69, 9.17) is 5.53 Å². The first kappa shape index (κ1) is 13.4. The standard InChI is InChI=1S/C14H10N4O2/c15-17-16-10-2-1-3-11-4-6-12(7-5-11)18-13(19)8-9-14(18)20/h4-9H,2,10H2. The van der Waals surface area contributed by atoms with Gasteiger partial charge >= 0.3 is 0 Å². The van der Waals surface area contributed by atoms with E-state index in [1.54, 1.807) is 24.3 Å². The van der Waals surface area contributed by atoms with Crippen molar-refractivity contribution in [1.82, 2.24) is 0 Å². The molecule has 0 aromatic heterocycles. The normalized spacial score (nSPS) is 12.9. The molecule has 0 N–H and O–H groups in total. The predicted molar refractivity (Wildman–Crippen MR) is 73.6 cm³/mol. The van der Waals surface area contributed by atoms with Gasteiger partial charge in [-0.15, -0.1) is 0 Å². The number of imide groups is 1. The fourth-order valence-electron chi connectivity index (χ4n) is 1.66. The van der Waals surface area contributed by atoms with Gasteiger partial charge in [0.1, 0.15) is 0 Å². The Morgan fingerprint density at radius 1 is 1.15 bits per heavy atom. The molecule has 0 saturated heterocycles. The van der Waals surface area contributed by atoms with Crippen molar-refractivity contribution in [1.29, 1.82) is 0 Å². The number of hydrogen-bond acceptors (Lipinski definition) is 3. The van der Waals surface area contributed by atoms with Crippen LogP contribution in [0.25, 0.3) is 10.4 Å². The van der Waals surface area contributed by atoms with Crippen LogP contribution in [0.5, 0.6) is 0 Å². The monoisotopic (exact) mass is 266 g/mol. The van der Waals surface area contributed by atoms with Crippen molar-refractivity contribution in [3.63, 3.8) is 0 Å². The molecule has 1 aromatic carbocycles. The Hall–Kier alpha value is -3.03. The number of benzene rings is 1. The highest BCUT2D eigenvalue weighted by molar-refractivity contribution is 6.28. The highest BCUT2D eigenvalue weighted by atomic mass is 16.2. The van der Waals surface area contributed by atoms with Crippen LogP contribution >= 0.6 is 0 Å². The Morgan fingerprint density at radius 3 is 2.40 bits per heavy atom. The summed E-state index contributed by atoms with van der Waals surface area (Å²) in [5.74, 6) is 5.09. The summed E-state index contributed by atoms with van der Waals surface area (Å²) in [5.41, 5.74) is 9.39. The van der Waals surface area contributed by atoms with Crippen molar-refractivity contribution in [2.75, 3.05) is 11.4 Å². The minimum atomic E-state index is -0.344. The van der Waals surface area contributed by atoms with Gasteiger partial charge in [0.05, 0.1) is 5.69 Å². The van der Waals surface area contributed by atoms with E-state index in [0.29, 0.717) is 18.7 Å². The van der Waals surface area contributed by atoms with E-state index in [2.05, 4.69) is 21.9 Å². The summed E-state index contributed by atoms with van der Waals surface area (Å²) < 4.78 is 0. The van der Waals surface area contributed by atoms with Crippen molar-refractivity contribution in [3.05, 3.63) is 52.4 Å². The van der Waals surface area contributed by atoms with E-state index in [1.807, 2.05) is 0 Å². The lowest BCUT2D eigenvalue weighted by Gasteiger charge is -2.13. The van der Waals surface area contributed by atoms with Crippen molar-refractivity contribution >= 4 is 17.5 Å². The third-order valence-electron chi connectivity index (χ3n) is 2.57. The first-order valence-electron chi connectivity index (χ1n) is 5.88. The van der Waals surface area contributed by atoms with Gasteiger partial charge in [-0.2, -0.15) is 0 Å². The number of rotatable bonds is 3. The second-order valence-electron chi connectivity index (χ2n) is 3.90. The van der Waals surface area contributed by atoms with Crippen LogP contribution in [0.4, 0.5) is 5.69 Å². The largest absolute Gasteiger partial charge is 0.269 e. The average molecular weight is 266 g/mol. The van der Waals surface area contributed by atoms with E-state index < -0.39 is 0 Å². The zero-order chi connectivity index (χ0) is 14.4. The number of carbonyl (C=O) groups is 2. The quantitative estimate of drug-likeness (QED) is 0.210. The second-order valence-corrected chi connectivity index (χ2v) is 3.90. The molecule has 1 aliphatic rings. The highest BCUT2D eigenvalue weighted by Crippen LogP contribution is 2.19. The van der Waals surface area contributed by atoms with E-state index in [1.165, 1.54) is 12.2 Å². The molecule has 1 aliphatic heterocycles. The van der Waals surface area contributed by atoms with Crippen LogP contribution in [0.15, 0.2) is 41.5 Å². The predicted octanol–water partition coefficient (Wildman–Crippen LogP) is 2.17. The summed E-state index contributed by atoms with van der Waals surface area (Å²) in [4.78, 5) is 26.7. The van der Waals surface area contributed by atoms with Crippen LogP contribution in [-0.4, -0.2) is 18.4 Å². The Balaban J connectivity index is 2.05. The maximum Gasteiger partial charge on any atom is 0.258 e. The molecule has 0 bridgehead atoms. The molecule has 0 atom stereocenters. The van der Waals surface area contributed by atoms with Crippen LogP contribution < -0.4 is 4.90 Å². The molecule has 98 valence electrons. The molecular weight excluding hydrogens is 256 g/mol. The van der Waals surface area contributed by atoms with Crippen molar-refractivity contribution in [2.24, 2.45) is 5.11 Å². The van der Waals surface area contributed by atoms with Crippen LogP contribution in [-0.2, 0) is 9.59 Å². The van der Waals surface area contributed by atoms with Gasteiger partial charge in [0.2, 0.25) is 0 Å². The fourth-order valence-corrected chi connectivity index (χ4v) is 1.66. The van der Waals surface area contributed by atoms with Crippen molar-refractivity contribution < 1.29 is 9.59 Å². The lowest BCUT2D eigenvalue weighted by atomic mass is 10.2. The Kier molecular flexibility index (Phi) is 4.17. The Bertz CT molecular complexity index is 655. The van der Waals surface area contributed by atoms with Gasteiger partial charge in [0.15, 0.2) is 0 Å². The summed E-state index contributed by atoms with van der Waals surface area (Å²) in [6, 6.07) is 6.80. The minimum Gasteiger partial charge on any atom is -0.269 e. The zero-order valence-electron chi connectivity index (χ0n) is 10.5. The lowest BCUT2D eigenvalue weighted by molar-refractivity contribution is -0.119. The molecule has 0 spiro atoms. The fraction of sp³-hybridized carbons (Fsp3) is 0.143. The number of amides is 2. The minimum absolute atomic E-state index is 0.337. The number of anilines is 1. The summed E-state index contributed by atoms with van der Waals surface area (Å²) in [7, 11) is 0. The van der Waals surface area contributed by atoms with E-state index in [-0.39, 0.29) is 11.8 Å². The molecule has 6 heteroatoms. The lowest BCUT2D eigenvalue weighted by Crippen LogP contribution is -2.29. The average Bonchev–Trinajstić information content (AvgIpc) is 2.79. The summed E-state index contributed by atoms with van der Waals surface area (Å²) in [5, 5.41) is 3.38. The van der Waals surface area contributed by atoms with Gasteiger partial charge in [-0.25, -0.2) is 4.90 Å². The van der Waals surface area contributed by atoms with E-state index in [9.17, 15) is 9.59 Å². The third-order valence-corrected chi connectivity index (χ3v) is 2.57. The summed E-state index contributed by atoms with van der Waals surface area (Å²) >= 11 is 0. The van der Waals surface area contributed by atoms with Gasteiger partial charge in [-0.05, 0) is 29.8 Å². The number of nitrogens with zero attached hydrogens (tertiary/aromatic N) is 4. The molecule has 0 aliphatic carbocycles. The van der Waals surface area contributed by atoms with Gasteiger partial charge in [0.25, 0.3) is 11.8 Å². The van der Waals surface area contributed by atoms with Gasteiger partial charge in [-0.1, -0.05) is 17.0 Å². The third kappa shape index (κ3) is 3.05. The van der Waals surface area contributed by atoms with Crippen LogP contribution in [0.2, 0.25) is 0 Å². The van der Waals surface area contributed by atoms with Crippen LogP contribution in [0.1, 0.15) is 12.0 Å².